The lowest BCUT2D eigenvalue weighted by molar-refractivity contribution is -0.156. The fraction of sp³-hybridized carbons (Fsp3) is 0.625. The molecule has 0 spiro atoms. The minimum Gasteiger partial charge on any atom is -0.458 e. The van der Waals surface area contributed by atoms with Crippen LogP contribution in [-0.4, -0.2) is 78.0 Å². The molecule has 0 aromatic heterocycles. The number of aliphatic hydroxyl groups is 1. The van der Waals surface area contributed by atoms with Gasteiger partial charge in [0.25, 0.3) is 0 Å². The number of carbonyl (C=O) groups excluding carboxylic acids is 6. The highest BCUT2D eigenvalue weighted by molar-refractivity contribution is 5.71. The van der Waals surface area contributed by atoms with Gasteiger partial charge in [-0.25, -0.2) is 0 Å². The molecule has 0 heterocycles. The largest absolute Gasteiger partial charge is 0.458 e. The molecule has 0 unspecified atom stereocenters. The van der Waals surface area contributed by atoms with Gasteiger partial charge < -0.3 is 33.5 Å². The maximum Gasteiger partial charge on any atom is 0.307 e. The topological polar surface area (TPSA) is 178 Å². The average molecular weight is 637 g/mol. The molecule has 250 valence electrons. The molecule has 2 aliphatic rings. The summed E-state index contributed by atoms with van der Waals surface area (Å²) in [4.78, 5) is 74.4. The van der Waals surface area contributed by atoms with E-state index in [4.69, 9.17) is 28.4 Å². The Morgan fingerprint density at radius 3 is 1.60 bits per heavy atom. The predicted molar refractivity (Wildman–Crippen MR) is 157 cm³/mol. The van der Waals surface area contributed by atoms with Gasteiger partial charge in [-0.1, -0.05) is 13.8 Å². The van der Waals surface area contributed by atoms with Crippen LogP contribution in [0.5, 0.6) is 0 Å². The third-order valence-electron chi connectivity index (χ3n) is 7.93. The average Bonchev–Trinajstić information content (AvgIpc) is 2.87. The summed E-state index contributed by atoms with van der Waals surface area (Å²) in [6.45, 7) is 13.2. The van der Waals surface area contributed by atoms with E-state index in [1.54, 1.807) is 20.8 Å². The van der Waals surface area contributed by atoms with Gasteiger partial charge >= 0.3 is 35.8 Å². The van der Waals surface area contributed by atoms with Gasteiger partial charge in [0.15, 0.2) is 11.9 Å². The number of hydrogen-bond donors (Lipinski definition) is 1. The Balaban J connectivity index is 3.21. The number of esters is 6. The molecule has 0 radical (unpaired) electrons. The molecule has 13 nitrogen and oxygen atoms in total. The molecule has 0 aromatic carbocycles. The van der Waals surface area contributed by atoms with Crippen molar-refractivity contribution in [3.05, 3.63) is 34.1 Å². The zero-order chi connectivity index (χ0) is 34.4. The first kappa shape index (κ1) is 37.2. The highest BCUT2D eigenvalue weighted by atomic mass is 16.6. The maximum atomic E-state index is 12.6. The molecule has 0 aliphatic heterocycles. The minimum absolute atomic E-state index is 0.139. The standard InChI is InChI=1S/C32H44O13/c1-15-25(40-17(3)34)12-24-28(43-20(6)37)11-23(14-33)27(42-19(5)36)13-26(41-18(4)35)16(2)30(44-21(7)38)31(45-22(8)39)29(15)32(24,9)10/h11,24-28,31,33H,12-14H2,1-10H3/b23-11+,30-16+/t24-,25-,26+,27-,28-,31+/m0/s1. The zero-order valence-corrected chi connectivity index (χ0v) is 27.5. The van der Waals surface area contributed by atoms with E-state index in [0.717, 1.165) is 20.8 Å². The van der Waals surface area contributed by atoms with Crippen molar-refractivity contribution in [3.8, 4) is 0 Å². The Kier molecular flexibility index (Phi) is 12.7. The van der Waals surface area contributed by atoms with Crippen LogP contribution >= 0.6 is 0 Å². The van der Waals surface area contributed by atoms with Gasteiger partial charge in [-0.05, 0) is 48.5 Å². The van der Waals surface area contributed by atoms with Crippen molar-refractivity contribution < 1.29 is 62.3 Å². The SMILES string of the molecule is CC(=O)O/C1=C(\C)[C@H](OC(C)=O)C[C@H](OC(C)=O)/C(CO)=C/[C@H](OC(C)=O)[C@@H]2C[C@H](OC(C)=O)C(C)=C([C@H]1OC(C)=O)C2(C)C. The van der Waals surface area contributed by atoms with Gasteiger partial charge in [0.1, 0.15) is 24.4 Å². The van der Waals surface area contributed by atoms with Crippen molar-refractivity contribution in [2.24, 2.45) is 11.3 Å². The first-order chi connectivity index (χ1) is 20.8. The lowest BCUT2D eigenvalue weighted by atomic mass is 9.60. The number of ether oxygens (including phenoxy) is 6. The van der Waals surface area contributed by atoms with Crippen LogP contribution in [-0.2, 0) is 57.2 Å². The fourth-order valence-corrected chi connectivity index (χ4v) is 6.15. The first-order valence-electron chi connectivity index (χ1n) is 14.6. The van der Waals surface area contributed by atoms with Crippen LogP contribution in [0, 0.1) is 11.3 Å². The molecule has 2 aliphatic carbocycles. The molecule has 0 aromatic rings. The van der Waals surface area contributed by atoms with Gasteiger partial charge in [0.2, 0.25) is 0 Å². The highest BCUT2D eigenvalue weighted by Crippen LogP contribution is 2.51. The van der Waals surface area contributed by atoms with E-state index in [0.29, 0.717) is 11.1 Å². The second kappa shape index (κ2) is 15.3. The molecule has 13 heteroatoms. The molecule has 0 fully saturated rings. The van der Waals surface area contributed by atoms with Crippen LogP contribution in [0.4, 0.5) is 0 Å². The second-order valence-corrected chi connectivity index (χ2v) is 11.8. The molecule has 2 bridgehead atoms. The molecular formula is C32H44O13. The quantitative estimate of drug-likeness (QED) is 0.245. The van der Waals surface area contributed by atoms with E-state index in [9.17, 15) is 33.9 Å². The van der Waals surface area contributed by atoms with E-state index in [1.807, 2.05) is 0 Å². The summed E-state index contributed by atoms with van der Waals surface area (Å²) in [5.41, 5.74) is 0.143. The van der Waals surface area contributed by atoms with Crippen molar-refractivity contribution >= 4 is 35.8 Å². The Labute approximate surface area is 262 Å². The van der Waals surface area contributed by atoms with Crippen molar-refractivity contribution in [3.63, 3.8) is 0 Å². The molecule has 6 atom stereocenters. The predicted octanol–water partition coefficient (Wildman–Crippen LogP) is 3.17. The van der Waals surface area contributed by atoms with E-state index < -0.39 is 84.3 Å². The normalized spacial score (nSPS) is 29.4. The van der Waals surface area contributed by atoms with Gasteiger partial charge in [-0.15, -0.1) is 0 Å². The highest BCUT2D eigenvalue weighted by Gasteiger charge is 2.51. The van der Waals surface area contributed by atoms with E-state index in [2.05, 4.69) is 0 Å². The summed E-state index contributed by atoms with van der Waals surface area (Å²) in [6.07, 6.45) is -4.45. The first-order valence-corrected chi connectivity index (χ1v) is 14.6. The fourth-order valence-electron chi connectivity index (χ4n) is 6.15. The van der Waals surface area contributed by atoms with Crippen molar-refractivity contribution in [2.45, 2.75) is 113 Å². The molecule has 45 heavy (non-hydrogen) atoms. The minimum atomic E-state index is -1.40. The summed E-state index contributed by atoms with van der Waals surface area (Å²) in [7, 11) is 0. The Hall–Kier alpha value is -4.00. The van der Waals surface area contributed by atoms with Crippen molar-refractivity contribution in [1.29, 1.82) is 0 Å². The number of carbonyl (C=O) groups is 6. The number of fused-ring (bicyclic) bond motifs is 2. The smallest absolute Gasteiger partial charge is 0.307 e. The second-order valence-electron chi connectivity index (χ2n) is 11.8. The summed E-state index contributed by atoms with van der Waals surface area (Å²) >= 11 is 0. The lowest BCUT2D eigenvalue weighted by Gasteiger charge is -2.48. The summed E-state index contributed by atoms with van der Waals surface area (Å²) < 4.78 is 34.3. The molecule has 0 saturated carbocycles. The van der Waals surface area contributed by atoms with Crippen LogP contribution in [0.15, 0.2) is 34.1 Å². The van der Waals surface area contributed by atoms with E-state index >= 15 is 0 Å². The number of hydrogen-bond acceptors (Lipinski definition) is 13. The van der Waals surface area contributed by atoms with Gasteiger partial charge in [0, 0.05) is 59.5 Å². The monoisotopic (exact) mass is 636 g/mol. The number of aliphatic hydroxyl groups excluding tert-OH is 1. The van der Waals surface area contributed by atoms with E-state index in [1.165, 1.54) is 33.8 Å². The molecule has 1 N–H and O–H groups in total. The van der Waals surface area contributed by atoms with Gasteiger partial charge in [-0.3, -0.25) is 28.8 Å². The van der Waals surface area contributed by atoms with Crippen molar-refractivity contribution in [1.82, 2.24) is 0 Å². The van der Waals surface area contributed by atoms with Crippen molar-refractivity contribution in [2.75, 3.05) is 6.61 Å². The van der Waals surface area contributed by atoms with Crippen LogP contribution < -0.4 is 0 Å². The number of rotatable bonds is 7. The van der Waals surface area contributed by atoms with Gasteiger partial charge in [-0.2, -0.15) is 0 Å². The third-order valence-corrected chi connectivity index (χ3v) is 7.93. The molecular weight excluding hydrogens is 592 g/mol. The summed E-state index contributed by atoms with van der Waals surface area (Å²) in [5, 5.41) is 10.5. The molecule has 0 saturated heterocycles. The Bertz CT molecular complexity index is 1300. The maximum absolute atomic E-state index is 12.6. The Morgan fingerprint density at radius 2 is 1.16 bits per heavy atom. The summed E-state index contributed by atoms with van der Waals surface area (Å²) in [6, 6.07) is 0. The lowest BCUT2D eigenvalue weighted by Crippen LogP contribution is -2.49. The van der Waals surface area contributed by atoms with E-state index in [-0.39, 0.29) is 29.7 Å². The Morgan fingerprint density at radius 1 is 0.689 bits per heavy atom. The van der Waals surface area contributed by atoms with Crippen LogP contribution in [0.2, 0.25) is 0 Å². The molecule has 2 rings (SSSR count). The van der Waals surface area contributed by atoms with Crippen LogP contribution in [0.25, 0.3) is 0 Å². The van der Waals surface area contributed by atoms with Gasteiger partial charge in [0.05, 0.1) is 6.61 Å². The zero-order valence-electron chi connectivity index (χ0n) is 27.5. The molecule has 0 amide bonds. The summed E-state index contributed by atoms with van der Waals surface area (Å²) in [5.74, 6) is -5.09. The van der Waals surface area contributed by atoms with Crippen LogP contribution in [0.1, 0.15) is 82.1 Å². The van der Waals surface area contributed by atoms with Crippen LogP contribution in [0.3, 0.4) is 0 Å². The third kappa shape index (κ3) is 9.49.